The third-order valence-electron chi connectivity index (χ3n) is 2.70. The maximum atomic E-state index is 11.0. The Kier molecular flexibility index (Phi) is 2.62. The van der Waals surface area contributed by atoms with E-state index in [1.54, 1.807) is 24.3 Å². The van der Waals surface area contributed by atoms with E-state index in [9.17, 15) is 9.59 Å². The standard InChI is InChI=1S/C11H11NO4/c13-10(14)8-5-6-3-1-2-4-7(6)9(12-8)11(15)16/h1-4,8-9,12H,5H2,(H,13,14)(H,15,16). The molecule has 2 atom stereocenters. The first-order valence-corrected chi connectivity index (χ1v) is 4.89. The van der Waals surface area contributed by atoms with E-state index in [0.717, 1.165) is 5.56 Å². The predicted molar refractivity (Wildman–Crippen MR) is 55.1 cm³/mol. The molecule has 0 aromatic heterocycles. The molecule has 2 rings (SSSR count). The molecule has 0 spiro atoms. The van der Waals surface area contributed by atoms with Crippen molar-refractivity contribution in [3.63, 3.8) is 0 Å². The van der Waals surface area contributed by atoms with Crippen molar-refractivity contribution in [2.45, 2.75) is 18.5 Å². The smallest absolute Gasteiger partial charge is 0.325 e. The Morgan fingerprint density at radius 2 is 1.88 bits per heavy atom. The van der Waals surface area contributed by atoms with Crippen LogP contribution in [0.3, 0.4) is 0 Å². The quantitative estimate of drug-likeness (QED) is 0.673. The molecule has 0 aliphatic carbocycles. The lowest BCUT2D eigenvalue weighted by molar-refractivity contribution is -0.143. The van der Waals surface area contributed by atoms with Crippen LogP contribution in [-0.2, 0) is 16.0 Å². The zero-order valence-electron chi connectivity index (χ0n) is 8.38. The fourth-order valence-corrected chi connectivity index (χ4v) is 1.93. The second-order valence-corrected chi connectivity index (χ2v) is 3.73. The Balaban J connectivity index is 2.41. The van der Waals surface area contributed by atoms with Gasteiger partial charge in [0.15, 0.2) is 0 Å². The van der Waals surface area contributed by atoms with Crippen LogP contribution in [-0.4, -0.2) is 28.2 Å². The van der Waals surface area contributed by atoms with Crippen LogP contribution >= 0.6 is 0 Å². The molecule has 2 unspecified atom stereocenters. The summed E-state index contributed by atoms with van der Waals surface area (Å²) in [5.74, 6) is -2.08. The van der Waals surface area contributed by atoms with Gasteiger partial charge in [-0.15, -0.1) is 0 Å². The lowest BCUT2D eigenvalue weighted by Gasteiger charge is -2.28. The number of carboxylic acid groups (broad SMARTS) is 2. The number of carboxylic acids is 2. The maximum Gasteiger partial charge on any atom is 0.325 e. The van der Waals surface area contributed by atoms with Crippen molar-refractivity contribution in [3.05, 3.63) is 35.4 Å². The number of carbonyl (C=O) groups is 2. The van der Waals surface area contributed by atoms with E-state index in [1.807, 2.05) is 0 Å². The second kappa shape index (κ2) is 3.94. The maximum absolute atomic E-state index is 11.0. The van der Waals surface area contributed by atoms with Gasteiger partial charge in [-0.1, -0.05) is 24.3 Å². The van der Waals surface area contributed by atoms with Crippen molar-refractivity contribution in [3.8, 4) is 0 Å². The SMILES string of the molecule is O=C(O)C1Cc2ccccc2C(C(=O)O)N1. The first-order valence-electron chi connectivity index (χ1n) is 4.89. The first-order chi connectivity index (χ1) is 7.59. The van der Waals surface area contributed by atoms with Crippen LogP contribution in [0.15, 0.2) is 24.3 Å². The minimum atomic E-state index is -1.06. The summed E-state index contributed by atoms with van der Waals surface area (Å²) in [5, 5.41) is 20.5. The number of nitrogens with one attached hydrogen (secondary N) is 1. The first kappa shape index (κ1) is 10.6. The molecule has 3 N–H and O–H groups in total. The van der Waals surface area contributed by atoms with Crippen molar-refractivity contribution in [1.29, 1.82) is 0 Å². The normalized spacial score (nSPS) is 23.5. The Hall–Kier alpha value is -1.88. The molecule has 1 aliphatic rings. The summed E-state index contributed by atoms with van der Waals surface area (Å²) in [6.45, 7) is 0. The number of hydrogen-bond donors (Lipinski definition) is 3. The summed E-state index contributed by atoms with van der Waals surface area (Å²) in [5.41, 5.74) is 1.42. The van der Waals surface area contributed by atoms with Crippen molar-refractivity contribution >= 4 is 11.9 Å². The van der Waals surface area contributed by atoms with Gasteiger partial charge < -0.3 is 10.2 Å². The molecule has 1 aliphatic heterocycles. The molecule has 16 heavy (non-hydrogen) atoms. The van der Waals surface area contributed by atoms with Gasteiger partial charge in [-0.3, -0.25) is 14.9 Å². The van der Waals surface area contributed by atoms with Gasteiger partial charge in [-0.25, -0.2) is 0 Å². The predicted octanol–water partition coefficient (Wildman–Crippen LogP) is 0.411. The summed E-state index contributed by atoms with van der Waals surface area (Å²) >= 11 is 0. The highest BCUT2D eigenvalue weighted by molar-refractivity contribution is 5.80. The van der Waals surface area contributed by atoms with Crippen molar-refractivity contribution in [2.24, 2.45) is 0 Å². The second-order valence-electron chi connectivity index (χ2n) is 3.73. The van der Waals surface area contributed by atoms with Gasteiger partial charge in [0.05, 0.1) is 0 Å². The summed E-state index contributed by atoms with van der Waals surface area (Å²) in [6, 6.07) is 5.22. The number of aliphatic carboxylic acids is 2. The van der Waals surface area contributed by atoms with Crippen molar-refractivity contribution < 1.29 is 19.8 Å². The fraction of sp³-hybridized carbons (Fsp3) is 0.273. The van der Waals surface area contributed by atoms with Crippen LogP contribution in [0, 0.1) is 0 Å². The minimum Gasteiger partial charge on any atom is -0.480 e. The highest BCUT2D eigenvalue weighted by atomic mass is 16.4. The third kappa shape index (κ3) is 1.77. The van der Waals surface area contributed by atoms with Crippen LogP contribution in [0.2, 0.25) is 0 Å². The van der Waals surface area contributed by atoms with Gasteiger partial charge in [-0.2, -0.15) is 0 Å². The molecule has 0 amide bonds. The van der Waals surface area contributed by atoms with Gasteiger partial charge in [0.25, 0.3) is 0 Å². The summed E-state index contributed by atoms with van der Waals surface area (Å²) in [4.78, 5) is 21.9. The van der Waals surface area contributed by atoms with Gasteiger partial charge in [0.2, 0.25) is 0 Å². The van der Waals surface area contributed by atoms with Crippen LogP contribution in [0.25, 0.3) is 0 Å². The molecular formula is C11H11NO4. The van der Waals surface area contributed by atoms with E-state index < -0.39 is 24.0 Å². The number of rotatable bonds is 2. The molecule has 0 bridgehead atoms. The molecule has 1 heterocycles. The zero-order valence-corrected chi connectivity index (χ0v) is 8.38. The van der Waals surface area contributed by atoms with Gasteiger partial charge >= 0.3 is 11.9 Å². The van der Waals surface area contributed by atoms with Gasteiger partial charge in [0, 0.05) is 0 Å². The van der Waals surface area contributed by atoms with E-state index >= 15 is 0 Å². The molecule has 5 heteroatoms. The van der Waals surface area contributed by atoms with E-state index in [1.165, 1.54) is 0 Å². The van der Waals surface area contributed by atoms with E-state index in [0.29, 0.717) is 12.0 Å². The van der Waals surface area contributed by atoms with Gasteiger partial charge in [0.1, 0.15) is 12.1 Å². The topological polar surface area (TPSA) is 86.6 Å². The average molecular weight is 221 g/mol. The van der Waals surface area contributed by atoms with Crippen LogP contribution in [0.1, 0.15) is 17.2 Å². The summed E-state index contributed by atoms with van der Waals surface area (Å²) in [7, 11) is 0. The van der Waals surface area contributed by atoms with Crippen molar-refractivity contribution in [2.75, 3.05) is 0 Å². The summed E-state index contributed by atoms with van der Waals surface area (Å²) < 4.78 is 0. The van der Waals surface area contributed by atoms with E-state index in [2.05, 4.69) is 5.32 Å². The van der Waals surface area contributed by atoms with Crippen LogP contribution < -0.4 is 5.32 Å². The largest absolute Gasteiger partial charge is 0.480 e. The number of fused-ring (bicyclic) bond motifs is 1. The van der Waals surface area contributed by atoms with Gasteiger partial charge in [-0.05, 0) is 17.5 Å². The third-order valence-corrected chi connectivity index (χ3v) is 2.70. The Labute approximate surface area is 91.7 Å². The number of hydrogen-bond acceptors (Lipinski definition) is 3. The highest BCUT2D eigenvalue weighted by Gasteiger charge is 2.33. The zero-order chi connectivity index (χ0) is 11.7. The Bertz CT molecular complexity index is 443. The summed E-state index contributed by atoms with van der Waals surface area (Å²) in [6.07, 6.45) is 0.315. The molecule has 0 fully saturated rings. The molecule has 0 radical (unpaired) electrons. The van der Waals surface area contributed by atoms with Crippen LogP contribution in [0.5, 0.6) is 0 Å². The monoisotopic (exact) mass is 221 g/mol. The number of benzene rings is 1. The Morgan fingerprint density at radius 3 is 2.50 bits per heavy atom. The molecule has 1 aromatic rings. The molecule has 1 aromatic carbocycles. The minimum absolute atomic E-state index is 0.315. The molecule has 5 nitrogen and oxygen atoms in total. The molecule has 0 saturated carbocycles. The molecule has 0 saturated heterocycles. The lowest BCUT2D eigenvalue weighted by atomic mass is 9.90. The molecular weight excluding hydrogens is 210 g/mol. The van der Waals surface area contributed by atoms with E-state index in [4.69, 9.17) is 10.2 Å². The average Bonchev–Trinajstić information content (AvgIpc) is 2.27. The lowest BCUT2D eigenvalue weighted by Crippen LogP contribution is -2.47. The van der Waals surface area contributed by atoms with Crippen LogP contribution in [0.4, 0.5) is 0 Å². The Morgan fingerprint density at radius 1 is 1.19 bits per heavy atom. The molecule has 84 valence electrons. The highest BCUT2D eigenvalue weighted by Crippen LogP contribution is 2.25. The van der Waals surface area contributed by atoms with E-state index in [-0.39, 0.29) is 0 Å². The van der Waals surface area contributed by atoms with Crippen molar-refractivity contribution in [1.82, 2.24) is 5.32 Å². The fourth-order valence-electron chi connectivity index (χ4n) is 1.93.